The fourth-order valence-corrected chi connectivity index (χ4v) is 10.5. The smallest absolute Gasteiger partial charge is 0.446 e. The van der Waals surface area contributed by atoms with Crippen LogP contribution in [-0.4, -0.2) is 41.5 Å². The van der Waals surface area contributed by atoms with E-state index in [9.17, 15) is 14.5 Å². The molecule has 2 unspecified atom stereocenters. The number of hydrogen-bond donors (Lipinski definition) is 3. The first-order valence-corrected chi connectivity index (χ1v) is 19.2. The summed E-state index contributed by atoms with van der Waals surface area (Å²) in [5.74, 6) is 5.00. The SMILES string of the molecule is CC(C)CCC[C@@H](C)[C@H]1CC[C@H]2[C@@H]3CC=C4C[C@@H](OC(=O)NCCCCCC(O)CCO[P+](=O)O)CC[C@]4(C)[C@H]3CC[C@]12C. The number of ether oxygens (including phenoxy) is 1. The zero-order valence-corrected chi connectivity index (χ0v) is 29.3. The van der Waals surface area contributed by atoms with Gasteiger partial charge < -0.3 is 15.2 Å². The van der Waals surface area contributed by atoms with E-state index in [1.165, 1.54) is 51.4 Å². The Morgan fingerprint density at radius 1 is 1.00 bits per heavy atom. The van der Waals surface area contributed by atoms with Crippen LogP contribution in [0.15, 0.2) is 11.6 Å². The van der Waals surface area contributed by atoms with Gasteiger partial charge in [-0.1, -0.05) is 78.4 Å². The lowest BCUT2D eigenvalue weighted by Gasteiger charge is -2.58. The first kappa shape index (κ1) is 35.8. The summed E-state index contributed by atoms with van der Waals surface area (Å²) in [6, 6.07) is 0. The van der Waals surface area contributed by atoms with Gasteiger partial charge >= 0.3 is 14.3 Å². The average Bonchev–Trinajstić information content (AvgIpc) is 3.32. The number of rotatable bonds is 16. The van der Waals surface area contributed by atoms with E-state index >= 15 is 0 Å². The number of aliphatic hydroxyl groups is 1. The number of fused-ring (bicyclic) bond motifs is 5. The molecule has 1 amide bonds. The summed E-state index contributed by atoms with van der Waals surface area (Å²) < 4.78 is 21.0. The van der Waals surface area contributed by atoms with E-state index < -0.39 is 14.4 Å². The van der Waals surface area contributed by atoms with Crippen molar-refractivity contribution in [1.82, 2.24) is 5.32 Å². The molecule has 44 heavy (non-hydrogen) atoms. The number of allylic oxidation sites excluding steroid dienone is 1. The van der Waals surface area contributed by atoms with Crippen LogP contribution in [0, 0.1) is 46.3 Å². The minimum atomic E-state index is -2.60. The predicted octanol–water partition coefficient (Wildman–Crippen LogP) is 9.10. The Hall–Kier alpha value is -1.01. The van der Waals surface area contributed by atoms with E-state index in [4.69, 9.17) is 9.63 Å². The second kappa shape index (κ2) is 16.2. The van der Waals surface area contributed by atoms with E-state index in [1.807, 2.05) is 0 Å². The fraction of sp³-hybridized carbons (Fsp3) is 0.917. The highest BCUT2D eigenvalue weighted by atomic mass is 31.1. The van der Waals surface area contributed by atoms with E-state index in [1.54, 1.807) is 5.57 Å². The van der Waals surface area contributed by atoms with Gasteiger partial charge in [0.15, 0.2) is 0 Å². The van der Waals surface area contributed by atoms with Gasteiger partial charge in [0.25, 0.3) is 0 Å². The largest absolute Gasteiger partial charge is 0.694 e. The Labute approximate surface area is 268 Å². The molecular formula is C36H63NO6P+. The van der Waals surface area contributed by atoms with Crippen LogP contribution in [0.1, 0.15) is 137 Å². The number of aliphatic hydroxyl groups excluding tert-OH is 1. The van der Waals surface area contributed by atoms with Crippen LogP contribution in [0.2, 0.25) is 0 Å². The van der Waals surface area contributed by atoms with Crippen LogP contribution in [0.4, 0.5) is 4.79 Å². The molecule has 3 N–H and O–H groups in total. The third-order valence-electron chi connectivity index (χ3n) is 12.7. The molecule has 0 aromatic rings. The maximum absolute atomic E-state index is 12.6. The molecule has 0 aliphatic heterocycles. The Balaban J connectivity index is 1.20. The molecule has 4 aliphatic carbocycles. The third kappa shape index (κ3) is 8.87. The number of carbonyl (C=O) groups excluding carboxylic acids is 1. The quantitative estimate of drug-likeness (QED) is 0.0887. The maximum atomic E-state index is 12.6. The monoisotopic (exact) mass is 636 g/mol. The van der Waals surface area contributed by atoms with Gasteiger partial charge in [-0.25, -0.2) is 4.79 Å². The lowest BCUT2D eigenvalue weighted by molar-refractivity contribution is -0.0581. The van der Waals surface area contributed by atoms with Crippen LogP contribution < -0.4 is 5.32 Å². The molecule has 10 atom stereocenters. The molecular weight excluding hydrogens is 573 g/mol. The molecule has 0 heterocycles. The number of alkyl carbamates (subject to hydrolysis) is 1. The van der Waals surface area contributed by atoms with Crippen molar-refractivity contribution in [2.45, 2.75) is 150 Å². The summed E-state index contributed by atoms with van der Waals surface area (Å²) in [7, 11) is -2.60. The molecule has 8 heteroatoms. The number of unbranched alkanes of at least 4 members (excludes halogenated alkanes) is 2. The molecule has 4 rings (SSSR count). The van der Waals surface area contributed by atoms with Crippen molar-refractivity contribution < 1.29 is 28.6 Å². The van der Waals surface area contributed by atoms with Crippen LogP contribution in [-0.2, 0) is 13.8 Å². The van der Waals surface area contributed by atoms with Gasteiger partial charge in [0, 0.05) is 24.0 Å². The van der Waals surface area contributed by atoms with Gasteiger partial charge in [-0.2, -0.15) is 0 Å². The Bertz CT molecular complexity index is 988. The van der Waals surface area contributed by atoms with Gasteiger partial charge in [-0.3, -0.25) is 0 Å². The zero-order chi connectivity index (χ0) is 31.9. The summed E-state index contributed by atoms with van der Waals surface area (Å²) in [5, 5.41) is 12.9. The molecule has 3 fully saturated rings. The van der Waals surface area contributed by atoms with Crippen molar-refractivity contribution in [3.63, 3.8) is 0 Å². The molecule has 4 aliphatic rings. The van der Waals surface area contributed by atoms with Crippen molar-refractivity contribution in [2.24, 2.45) is 46.3 Å². The van der Waals surface area contributed by atoms with E-state index in [-0.39, 0.29) is 24.2 Å². The topological polar surface area (TPSA) is 105 Å². The highest BCUT2D eigenvalue weighted by molar-refractivity contribution is 7.32. The molecule has 0 saturated heterocycles. The normalized spacial score (nSPS) is 34.8. The van der Waals surface area contributed by atoms with Crippen molar-refractivity contribution in [3.05, 3.63) is 11.6 Å². The van der Waals surface area contributed by atoms with Crippen LogP contribution in [0.5, 0.6) is 0 Å². The Morgan fingerprint density at radius 2 is 1.80 bits per heavy atom. The minimum absolute atomic E-state index is 0.0336. The molecule has 7 nitrogen and oxygen atoms in total. The standard InChI is InChI=1S/C36H62NO6P/c1-25(2)10-9-11-26(3)31-15-16-32-30-14-13-27-24-29(17-20-35(27,4)33(30)18-21-36(31,32)5)43-34(39)37-22-8-6-7-12-28(38)19-23-42-44(40)41/h13,25-26,28-33,38H,6-12,14-24H2,1-5H3,(H-,37,39,40,41)/p+1/t26-,28?,29+,30+,31-,32+,33+,35+,36-/m1/s1. The molecule has 0 aromatic heterocycles. The van der Waals surface area contributed by atoms with Crippen molar-refractivity contribution >= 4 is 14.3 Å². The fourth-order valence-electron chi connectivity index (χ4n) is 10.2. The molecule has 3 saturated carbocycles. The lowest BCUT2D eigenvalue weighted by atomic mass is 9.47. The molecule has 0 bridgehead atoms. The third-order valence-corrected chi connectivity index (χ3v) is 13.1. The number of amides is 1. The van der Waals surface area contributed by atoms with E-state index in [0.29, 0.717) is 24.8 Å². The molecule has 0 radical (unpaired) electrons. The van der Waals surface area contributed by atoms with Crippen LogP contribution in [0.3, 0.4) is 0 Å². The van der Waals surface area contributed by atoms with Gasteiger partial charge in [0.1, 0.15) is 12.7 Å². The second-order valence-corrected chi connectivity index (χ2v) is 16.6. The maximum Gasteiger partial charge on any atom is 0.694 e. The molecule has 252 valence electrons. The predicted molar refractivity (Wildman–Crippen MR) is 176 cm³/mol. The van der Waals surface area contributed by atoms with Gasteiger partial charge in [-0.15, -0.1) is 9.42 Å². The number of nitrogens with one attached hydrogen (secondary N) is 1. The summed E-state index contributed by atoms with van der Waals surface area (Å²) in [6.45, 7) is 13.1. The Morgan fingerprint density at radius 3 is 2.55 bits per heavy atom. The van der Waals surface area contributed by atoms with Gasteiger partial charge in [0.05, 0.1) is 6.10 Å². The minimum Gasteiger partial charge on any atom is -0.446 e. The van der Waals surface area contributed by atoms with Crippen molar-refractivity contribution in [2.75, 3.05) is 13.2 Å². The van der Waals surface area contributed by atoms with Crippen LogP contribution in [0.25, 0.3) is 0 Å². The number of carbonyl (C=O) groups is 1. The first-order chi connectivity index (χ1) is 20.9. The van der Waals surface area contributed by atoms with Crippen molar-refractivity contribution in [1.29, 1.82) is 0 Å². The highest BCUT2D eigenvalue weighted by Crippen LogP contribution is 2.67. The molecule has 0 aromatic carbocycles. The zero-order valence-electron chi connectivity index (χ0n) is 28.4. The van der Waals surface area contributed by atoms with Gasteiger partial charge in [-0.05, 0) is 104 Å². The summed E-state index contributed by atoms with van der Waals surface area (Å²) in [6.07, 6.45) is 19.1. The Kier molecular flexibility index (Phi) is 13.2. The lowest BCUT2D eigenvalue weighted by Crippen LogP contribution is -2.51. The van der Waals surface area contributed by atoms with Crippen molar-refractivity contribution in [3.8, 4) is 0 Å². The number of hydrogen-bond acceptors (Lipinski definition) is 5. The second-order valence-electron chi connectivity index (χ2n) is 15.8. The average molecular weight is 637 g/mol. The summed E-state index contributed by atoms with van der Waals surface area (Å²) in [4.78, 5) is 21.2. The molecule has 0 spiro atoms. The van der Waals surface area contributed by atoms with E-state index in [0.717, 1.165) is 74.0 Å². The van der Waals surface area contributed by atoms with Gasteiger partial charge in [0.2, 0.25) is 0 Å². The van der Waals surface area contributed by atoms with E-state index in [2.05, 4.69) is 50.5 Å². The van der Waals surface area contributed by atoms with Crippen LogP contribution >= 0.6 is 8.25 Å². The highest BCUT2D eigenvalue weighted by Gasteiger charge is 2.59. The summed E-state index contributed by atoms with van der Waals surface area (Å²) >= 11 is 0. The first-order valence-electron chi connectivity index (χ1n) is 18.0. The summed E-state index contributed by atoms with van der Waals surface area (Å²) in [5.41, 5.74) is 2.32.